The lowest BCUT2D eigenvalue weighted by molar-refractivity contribution is 0.143. The standard InChI is InChI=1S/C20H28N4O2/c1-4-21-20(24-15-18-8-6-5-7-16(18)2)23-14-17-9-10-19(22-13-17)26-12-11-25-3/h5-10,13H,4,11-12,14-15H2,1-3H3,(H2,21,23,24). The van der Waals surface area contributed by atoms with E-state index in [0.29, 0.717) is 25.6 Å². The van der Waals surface area contributed by atoms with Crippen LogP contribution in [0.5, 0.6) is 5.88 Å². The van der Waals surface area contributed by atoms with E-state index in [1.165, 1.54) is 11.1 Å². The third-order valence-corrected chi connectivity index (χ3v) is 3.81. The third kappa shape index (κ3) is 6.72. The van der Waals surface area contributed by atoms with Gasteiger partial charge in [-0.3, -0.25) is 0 Å². The molecule has 26 heavy (non-hydrogen) atoms. The van der Waals surface area contributed by atoms with Gasteiger partial charge in [-0.1, -0.05) is 30.3 Å². The minimum Gasteiger partial charge on any atom is -0.475 e. The van der Waals surface area contributed by atoms with E-state index in [9.17, 15) is 0 Å². The van der Waals surface area contributed by atoms with Crippen LogP contribution in [-0.4, -0.2) is 37.8 Å². The minimum atomic E-state index is 0.494. The first kappa shape index (κ1) is 19.7. The summed E-state index contributed by atoms with van der Waals surface area (Å²) in [5, 5.41) is 6.64. The molecule has 0 bridgehead atoms. The zero-order valence-corrected chi connectivity index (χ0v) is 15.8. The molecule has 0 fully saturated rings. The van der Waals surface area contributed by atoms with Crippen LogP contribution in [0.3, 0.4) is 0 Å². The Balaban J connectivity index is 1.90. The van der Waals surface area contributed by atoms with Crippen molar-refractivity contribution in [3.63, 3.8) is 0 Å². The Morgan fingerprint density at radius 3 is 2.65 bits per heavy atom. The predicted molar refractivity (Wildman–Crippen MR) is 104 cm³/mol. The maximum absolute atomic E-state index is 5.47. The van der Waals surface area contributed by atoms with Crippen LogP contribution in [0.15, 0.2) is 47.6 Å². The normalized spacial score (nSPS) is 11.3. The van der Waals surface area contributed by atoms with Crippen LogP contribution >= 0.6 is 0 Å². The number of pyridine rings is 1. The topological polar surface area (TPSA) is 67.8 Å². The molecule has 1 aromatic carbocycles. The molecule has 6 heteroatoms. The quantitative estimate of drug-likeness (QED) is 0.411. The molecule has 0 amide bonds. The first-order chi connectivity index (χ1) is 12.7. The molecule has 0 unspecified atom stereocenters. The summed E-state index contributed by atoms with van der Waals surface area (Å²) in [6, 6.07) is 12.2. The summed E-state index contributed by atoms with van der Waals surface area (Å²) in [5.74, 6) is 1.38. The van der Waals surface area contributed by atoms with Gasteiger partial charge in [0.1, 0.15) is 6.61 Å². The van der Waals surface area contributed by atoms with Gasteiger partial charge in [0.15, 0.2) is 5.96 Å². The van der Waals surface area contributed by atoms with Crippen molar-refractivity contribution in [3.8, 4) is 5.88 Å². The Labute approximate surface area is 155 Å². The van der Waals surface area contributed by atoms with E-state index in [0.717, 1.165) is 24.6 Å². The number of nitrogens with zero attached hydrogens (tertiary/aromatic N) is 2. The predicted octanol–water partition coefficient (Wildman–Crippen LogP) is 2.67. The van der Waals surface area contributed by atoms with Gasteiger partial charge in [0.2, 0.25) is 5.88 Å². The number of benzene rings is 1. The van der Waals surface area contributed by atoms with Crippen LogP contribution in [0, 0.1) is 6.92 Å². The highest BCUT2D eigenvalue weighted by Crippen LogP contribution is 2.09. The molecule has 1 heterocycles. The average Bonchev–Trinajstić information content (AvgIpc) is 2.66. The van der Waals surface area contributed by atoms with Crippen molar-refractivity contribution in [2.75, 3.05) is 26.9 Å². The number of ether oxygens (including phenoxy) is 2. The Bertz CT molecular complexity index is 686. The number of aromatic nitrogens is 1. The Morgan fingerprint density at radius 1 is 1.12 bits per heavy atom. The molecule has 2 N–H and O–H groups in total. The van der Waals surface area contributed by atoms with Gasteiger partial charge in [-0.15, -0.1) is 0 Å². The Morgan fingerprint density at radius 2 is 1.96 bits per heavy atom. The van der Waals surface area contributed by atoms with Crippen LogP contribution < -0.4 is 15.4 Å². The second-order valence-corrected chi connectivity index (χ2v) is 5.82. The van der Waals surface area contributed by atoms with Crippen LogP contribution in [0.1, 0.15) is 23.6 Å². The molecule has 0 radical (unpaired) electrons. The first-order valence-corrected chi connectivity index (χ1v) is 8.86. The van der Waals surface area contributed by atoms with Crippen LogP contribution in [0.4, 0.5) is 0 Å². The summed E-state index contributed by atoms with van der Waals surface area (Å²) in [7, 11) is 1.65. The highest BCUT2D eigenvalue weighted by Gasteiger charge is 2.01. The van der Waals surface area contributed by atoms with E-state index in [-0.39, 0.29) is 0 Å². The van der Waals surface area contributed by atoms with Gasteiger partial charge < -0.3 is 20.1 Å². The smallest absolute Gasteiger partial charge is 0.213 e. The maximum atomic E-state index is 5.47. The lowest BCUT2D eigenvalue weighted by atomic mass is 10.1. The SMILES string of the molecule is CCNC(=NCc1ccc(OCCOC)nc1)NCc1ccccc1C. The number of methoxy groups -OCH3 is 1. The van der Waals surface area contributed by atoms with Crippen molar-refractivity contribution in [1.82, 2.24) is 15.6 Å². The molecule has 0 saturated heterocycles. The van der Waals surface area contributed by atoms with Gasteiger partial charge in [0.05, 0.1) is 13.2 Å². The van der Waals surface area contributed by atoms with E-state index in [1.807, 2.05) is 18.2 Å². The fourth-order valence-electron chi connectivity index (χ4n) is 2.32. The largest absolute Gasteiger partial charge is 0.475 e. The van der Waals surface area contributed by atoms with Crippen molar-refractivity contribution in [2.45, 2.75) is 26.9 Å². The highest BCUT2D eigenvalue weighted by atomic mass is 16.5. The Hall–Kier alpha value is -2.60. The second-order valence-electron chi connectivity index (χ2n) is 5.82. The monoisotopic (exact) mass is 356 g/mol. The molecule has 140 valence electrons. The number of aliphatic imine (C=N–C) groups is 1. The average molecular weight is 356 g/mol. The van der Waals surface area contributed by atoms with E-state index < -0.39 is 0 Å². The van der Waals surface area contributed by atoms with Gasteiger partial charge in [-0.05, 0) is 30.5 Å². The number of nitrogens with one attached hydrogen (secondary N) is 2. The Kier molecular flexibility index (Phi) is 8.42. The summed E-state index contributed by atoms with van der Waals surface area (Å²) in [6.07, 6.45) is 1.79. The van der Waals surface area contributed by atoms with Gasteiger partial charge in [0.25, 0.3) is 0 Å². The highest BCUT2D eigenvalue weighted by molar-refractivity contribution is 5.79. The molecule has 1 aromatic heterocycles. The van der Waals surface area contributed by atoms with Gasteiger partial charge >= 0.3 is 0 Å². The molecular formula is C20H28N4O2. The number of guanidine groups is 1. The molecule has 0 atom stereocenters. The molecule has 0 aliphatic rings. The van der Waals surface area contributed by atoms with Crippen molar-refractivity contribution in [2.24, 2.45) is 4.99 Å². The third-order valence-electron chi connectivity index (χ3n) is 3.81. The van der Waals surface area contributed by atoms with Crippen LogP contribution in [0.2, 0.25) is 0 Å². The zero-order chi connectivity index (χ0) is 18.6. The van der Waals surface area contributed by atoms with Crippen molar-refractivity contribution >= 4 is 5.96 Å². The minimum absolute atomic E-state index is 0.494. The van der Waals surface area contributed by atoms with Crippen molar-refractivity contribution in [3.05, 3.63) is 59.3 Å². The first-order valence-electron chi connectivity index (χ1n) is 8.86. The van der Waals surface area contributed by atoms with E-state index in [2.05, 4.69) is 52.7 Å². The molecule has 2 aromatic rings. The lowest BCUT2D eigenvalue weighted by Gasteiger charge is -2.12. The second kappa shape index (κ2) is 11.1. The van der Waals surface area contributed by atoms with Gasteiger partial charge in [-0.2, -0.15) is 0 Å². The molecule has 6 nitrogen and oxygen atoms in total. The van der Waals surface area contributed by atoms with Crippen molar-refractivity contribution in [1.29, 1.82) is 0 Å². The van der Waals surface area contributed by atoms with Crippen LogP contribution in [-0.2, 0) is 17.8 Å². The molecule has 2 rings (SSSR count). The van der Waals surface area contributed by atoms with Gasteiger partial charge in [-0.25, -0.2) is 9.98 Å². The van der Waals surface area contributed by atoms with E-state index in [4.69, 9.17) is 9.47 Å². The lowest BCUT2D eigenvalue weighted by Crippen LogP contribution is -2.36. The summed E-state index contributed by atoms with van der Waals surface area (Å²) in [6.45, 7) is 7.31. The van der Waals surface area contributed by atoms with Crippen molar-refractivity contribution < 1.29 is 9.47 Å². The van der Waals surface area contributed by atoms with E-state index in [1.54, 1.807) is 13.3 Å². The summed E-state index contributed by atoms with van der Waals surface area (Å²) in [4.78, 5) is 8.92. The molecular weight excluding hydrogens is 328 g/mol. The number of rotatable bonds is 9. The molecule has 0 aliphatic carbocycles. The zero-order valence-electron chi connectivity index (χ0n) is 15.8. The number of hydrogen-bond donors (Lipinski definition) is 2. The summed E-state index contributed by atoms with van der Waals surface area (Å²) >= 11 is 0. The van der Waals surface area contributed by atoms with Gasteiger partial charge in [0, 0.05) is 32.5 Å². The fourth-order valence-corrected chi connectivity index (χ4v) is 2.32. The number of aryl methyl sites for hydroxylation is 1. The summed E-state index contributed by atoms with van der Waals surface area (Å²) in [5.41, 5.74) is 3.55. The molecule has 0 spiro atoms. The summed E-state index contributed by atoms with van der Waals surface area (Å²) < 4.78 is 10.4. The molecule has 0 aliphatic heterocycles. The van der Waals surface area contributed by atoms with Crippen LogP contribution in [0.25, 0.3) is 0 Å². The van der Waals surface area contributed by atoms with E-state index >= 15 is 0 Å². The number of hydrogen-bond acceptors (Lipinski definition) is 4. The molecule has 0 saturated carbocycles. The maximum Gasteiger partial charge on any atom is 0.213 e. The fraction of sp³-hybridized carbons (Fsp3) is 0.400.